The SMILES string of the molecule is O=C(c1ccccc1F)N1CCN(S(=O)(=O)c2ccc(F)c(F)c2)CC1. The molecular formula is C17H15F3N2O3S. The quantitative estimate of drug-likeness (QED) is 0.816. The third-order valence-electron chi connectivity index (χ3n) is 4.16. The Hall–Kier alpha value is -2.39. The first kappa shape index (κ1) is 18.4. The van der Waals surface area contributed by atoms with Crippen molar-refractivity contribution in [1.82, 2.24) is 9.21 Å². The van der Waals surface area contributed by atoms with E-state index in [-0.39, 0.29) is 36.6 Å². The van der Waals surface area contributed by atoms with Gasteiger partial charge >= 0.3 is 0 Å². The molecule has 5 nitrogen and oxygen atoms in total. The fourth-order valence-corrected chi connectivity index (χ4v) is 4.16. The summed E-state index contributed by atoms with van der Waals surface area (Å²) in [7, 11) is -4.01. The minimum atomic E-state index is -4.01. The fourth-order valence-electron chi connectivity index (χ4n) is 2.72. The maximum atomic E-state index is 13.7. The topological polar surface area (TPSA) is 57.7 Å². The summed E-state index contributed by atoms with van der Waals surface area (Å²) in [5.41, 5.74) is -0.0792. The number of amides is 1. The molecule has 1 fully saturated rings. The Labute approximate surface area is 148 Å². The van der Waals surface area contributed by atoms with Crippen LogP contribution >= 0.6 is 0 Å². The van der Waals surface area contributed by atoms with E-state index in [2.05, 4.69) is 0 Å². The molecule has 0 bridgehead atoms. The molecule has 2 aromatic carbocycles. The van der Waals surface area contributed by atoms with Gasteiger partial charge in [0.2, 0.25) is 10.0 Å². The van der Waals surface area contributed by atoms with Crippen LogP contribution in [-0.4, -0.2) is 49.7 Å². The maximum absolute atomic E-state index is 13.7. The molecule has 0 radical (unpaired) electrons. The molecule has 9 heteroatoms. The van der Waals surface area contributed by atoms with Crippen molar-refractivity contribution in [3.05, 3.63) is 65.5 Å². The number of rotatable bonds is 3. The largest absolute Gasteiger partial charge is 0.336 e. The number of carbonyl (C=O) groups excluding carboxylic acids is 1. The van der Waals surface area contributed by atoms with Crippen molar-refractivity contribution in [2.75, 3.05) is 26.2 Å². The Morgan fingerprint density at radius 1 is 0.846 bits per heavy atom. The minimum Gasteiger partial charge on any atom is -0.336 e. The second-order valence-electron chi connectivity index (χ2n) is 5.75. The van der Waals surface area contributed by atoms with E-state index in [0.717, 1.165) is 16.4 Å². The summed E-state index contributed by atoms with van der Waals surface area (Å²) in [6, 6.07) is 7.92. The number of hydrogen-bond acceptors (Lipinski definition) is 3. The van der Waals surface area contributed by atoms with Crippen LogP contribution in [0.25, 0.3) is 0 Å². The zero-order chi connectivity index (χ0) is 18.9. The van der Waals surface area contributed by atoms with Crippen LogP contribution in [0.3, 0.4) is 0 Å². The highest BCUT2D eigenvalue weighted by Crippen LogP contribution is 2.21. The molecule has 0 aliphatic carbocycles. The van der Waals surface area contributed by atoms with Gasteiger partial charge in [0.25, 0.3) is 5.91 Å². The van der Waals surface area contributed by atoms with Gasteiger partial charge in [-0.3, -0.25) is 4.79 Å². The van der Waals surface area contributed by atoms with Gasteiger partial charge in [-0.2, -0.15) is 4.31 Å². The van der Waals surface area contributed by atoms with Gasteiger partial charge in [0.05, 0.1) is 10.5 Å². The predicted molar refractivity (Wildman–Crippen MR) is 87.4 cm³/mol. The van der Waals surface area contributed by atoms with E-state index in [1.54, 1.807) is 6.07 Å². The first-order valence-electron chi connectivity index (χ1n) is 7.80. The molecule has 1 aliphatic heterocycles. The molecule has 1 amide bonds. The predicted octanol–water partition coefficient (Wildman–Crippen LogP) is 2.25. The fraction of sp³-hybridized carbons (Fsp3) is 0.235. The van der Waals surface area contributed by atoms with E-state index >= 15 is 0 Å². The summed E-state index contributed by atoms with van der Waals surface area (Å²) < 4.78 is 66.2. The average molecular weight is 384 g/mol. The first-order valence-corrected chi connectivity index (χ1v) is 9.24. The van der Waals surface area contributed by atoms with Crippen LogP contribution in [0.15, 0.2) is 47.4 Å². The summed E-state index contributed by atoms with van der Waals surface area (Å²) in [4.78, 5) is 13.4. The van der Waals surface area contributed by atoms with E-state index in [4.69, 9.17) is 0 Å². The van der Waals surface area contributed by atoms with Crippen LogP contribution in [0, 0.1) is 17.5 Å². The van der Waals surface area contributed by atoms with Gasteiger partial charge in [-0.1, -0.05) is 12.1 Å². The number of carbonyl (C=O) groups is 1. The molecule has 0 saturated carbocycles. The molecular weight excluding hydrogens is 369 g/mol. The summed E-state index contributed by atoms with van der Waals surface area (Å²) in [6.45, 7) is 0.0786. The molecule has 1 heterocycles. The Balaban J connectivity index is 1.72. The third kappa shape index (κ3) is 3.45. The van der Waals surface area contributed by atoms with Crippen molar-refractivity contribution < 1.29 is 26.4 Å². The first-order chi connectivity index (χ1) is 12.3. The Morgan fingerprint density at radius 3 is 2.12 bits per heavy atom. The molecule has 3 rings (SSSR count). The minimum absolute atomic E-state index is 0.0263. The van der Waals surface area contributed by atoms with Crippen molar-refractivity contribution in [3.8, 4) is 0 Å². The van der Waals surface area contributed by atoms with E-state index in [0.29, 0.717) is 6.07 Å². The van der Waals surface area contributed by atoms with Crippen molar-refractivity contribution in [2.45, 2.75) is 4.90 Å². The van der Waals surface area contributed by atoms with Crippen molar-refractivity contribution >= 4 is 15.9 Å². The third-order valence-corrected chi connectivity index (χ3v) is 6.05. The van der Waals surface area contributed by atoms with Crippen LogP contribution in [0.1, 0.15) is 10.4 Å². The van der Waals surface area contributed by atoms with E-state index in [1.807, 2.05) is 0 Å². The lowest BCUT2D eigenvalue weighted by Gasteiger charge is -2.34. The van der Waals surface area contributed by atoms with E-state index in [1.165, 1.54) is 23.1 Å². The number of piperazine rings is 1. The second kappa shape index (κ2) is 7.08. The summed E-state index contributed by atoms with van der Waals surface area (Å²) in [6.07, 6.45) is 0. The van der Waals surface area contributed by atoms with Gasteiger partial charge in [0.15, 0.2) is 11.6 Å². The molecule has 0 atom stereocenters. The number of nitrogens with zero attached hydrogens (tertiary/aromatic N) is 2. The monoisotopic (exact) mass is 384 g/mol. The lowest BCUT2D eigenvalue weighted by Crippen LogP contribution is -2.50. The standard InChI is InChI=1S/C17H15F3N2O3S/c18-14-4-2-1-3-13(14)17(23)21-7-9-22(10-8-21)26(24,25)12-5-6-15(19)16(20)11-12/h1-6,11H,7-10H2. The van der Waals surface area contributed by atoms with Crippen LogP contribution in [0.4, 0.5) is 13.2 Å². The highest BCUT2D eigenvalue weighted by atomic mass is 32.2. The molecule has 2 aromatic rings. The second-order valence-corrected chi connectivity index (χ2v) is 7.69. The highest BCUT2D eigenvalue weighted by Gasteiger charge is 2.31. The zero-order valence-electron chi connectivity index (χ0n) is 13.5. The van der Waals surface area contributed by atoms with E-state index < -0.39 is 33.4 Å². The zero-order valence-corrected chi connectivity index (χ0v) is 14.3. The molecule has 1 aliphatic rings. The molecule has 0 N–H and O–H groups in total. The van der Waals surface area contributed by atoms with Gasteiger partial charge < -0.3 is 4.90 Å². The number of sulfonamides is 1. The van der Waals surface area contributed by atoms with Crippen LogP contribution in [-0.2, 0) is 10.0 Å². The molecule has 0 aromatic heterocycles. The van der Waals surface area contributed by atoms with Crippen LogP contribution in [0.5, 0.6) is 0 Å². The smallest absolute Gasteiger partial charge is 0.256 e. The lowest BCUT2D eigenvalue weighted by molar-refractivity contribution is 0.0693. The summed E-state index contributed by atoms with van der Waals surface area (Å²) >= 11 is 0. The molecule has 1 saturated heterocycles. The van der Waals surface area contributed by atoms with Crippen molar-refractivity contribution in [2.24, 2.45) is 0 Å². The van der Waals surface area contributed by atoms with Crippen molar-refractivity contribution in [3.63, 3.8) is 0 Å². The number of benzene rings is 2. The Morgan fingerprint density at radius 2 is 1.50 bits per heavy atom. The number of halogens is 3. The normalized spacial score (nSPS) is 15.9. The summed E-state index contributed by atoms with van der Waals surface area (Å²) in [5.74, 6) is -3.55. The molecule has 26 heavy (non-hydrogen) atoms. The van der Waals surface area contributed by atoms with Gasteiger partial charge in [-0.25, -0.2) is 21.6 Å². The average Bonchev–Trinajstić information content (AvgIpc) is 2.64. The molecule has 138 valence electrons. The molecule has 0 spiro atoms. The van der Waals surface area contributed by atoms with E-state index in [9.17, 15) is 26.4 Å². The van der Waals surface area contributed by atoms with Crippen LogP contribution < -0.4 is 0 Å². The summed E-state index contributed by atoms with van der Waals surface area (Å²) in [5, 5.41) is 0. The molecule has 0 unspecified atom stereocenters. The van der Waals surface area contributed by atoms with Gasteiger partial charge in [0.1, 0.15) is 5.82 Å². The maximum Gasteiger partial charge on any atom is 0.256 e. The van der Waals surface area contributed by atoms with Crippen molar-refractivity contribution in [1.29, 1.82) is 0 Å². The Kier molecular flexibility index (Phi) is 5.01. The van der Waals surface area contributed by atoms with Gasteiger partial charge in [0, 0.05) is 26.2 Å². The van der Waals surface area contributed by atoms with Crippen LogP contribution in [0.2, 0.25) is 0 Å². The Bertz CT molecular complexity index is 942. The number of hydrogen-bond donors (Lipinski definition) is 0. The highest BCUT2D eigenvalue weighted by molar-refractivity contribution is 7.89. The lowest BCUT2D eigenvalue weighted by atomic mass is 10.1. The van der Waals surface area contributed by atoms with Gasteiger partial charge in [-0.05, 0) is 30.3 Å². The van der Waals surface area contributed by atoms with Gasteiger partial charge in [-0.15, -0.1) is 0 Å².